The summed E-state index contributed by atoms with van der Waals surface area (Å²) < 4.78 is 0. The van der Waals surface area contributed by atoms with Crippen LogP contribution in [0, 0.1) is 11.8 Å². The van der Waals surface area contributed by atoms with Gasteiger partial charge in [0.15, 0.2) is 0 Å². The van der Waals surface area contributed by atoms with Crippen LogP contribution in [0.15, 0.2) is 78.9 Å². The Bertz CT molecular complexity index is 1070. The molecule has 0 radical (unpaired) electrons. The van der Waals surface area contributed by atoms with Gasteiger partial charge in [0.2, 0.25) is 0 Å². The minimum atomic E-state index is 0.719. The maximum absolute atomic E-state index is 6.61. The fourth-order valence-corrected chi connectivity index (χ4v) is 3.01. The van der Waals surface area contributed by atoms with Crippen molar-refractivity contribution >= 4 is 33.1 Å². The Balaban J connectivity index is 1.87. The van der Waals surface area contributed by atoms with Crippen molar-refractivity contribution in [2.75, 3.05) is 0 Å². The monoisotopic (exact) mass is 312 g/mol. The summed E-state index contributed by atoms with van der Waals surface area (Å²) in [4.78, 5) is 0. The Morgan fingerprint density at radius 3 is 2.09 bits per heavy atom. The molecule has 108 valence electrons. The van der Waals surface area contributed by atoms with Crippen molar-refractivity contribution in [3.63, 3.8) is 0 Å². The molecule has 0 unspecified atom stereocenters. The van der Waals surface area contributed by atoms with Gasteiger partial charge in [-0.05, 0) is 46.5 Å². The predicted octanol–water partition coefficient (Wildman–Crippen LogP) is 6.05. The zero-order valence-corrected chi connectivity index (χ0v) is 13.1. The minimum Gasteiger partial charge on any atom is -0.0823 e. The molecule has 0 amide bonds. The average molecular weight is 313 g/mol. The largest absolute Gasteiger partial charge is 0.0823 e. The number of rotatable bonds is 0. The van der Waals surface area contributed by atoms with E-state index < -0.39 is 0 Å². The molecule has 23 heavy (non-hydrogen) atoms. The molecular formula is C22H13Cl. The van der Waals surface area contributed by atoms with E-state index in [1.165, 1.54) is 10.8 Å². The van der Waals surface area contributed by atoms with Gasteiger partial charge in [-0.3, -0.25) is 0 Å². The van der Waals surface area contributed by atoms with E-state index in [1.54, 1.807) is 0 Å². The zero-order chi connectivity index (χ0) is 15.6. The molecule has 0 atom stereocenters. The lowest BCUT2D eigenvalue weighted by Gasteiger charge is -2.06. The van der Waals surface area contributed by atoms with Crippen LogP contribution in [-0.4, -0.2) is 0 Å². The Morgan fingerprint density at radius 2 is 1.30 bits per heavy atom. The third kappa shape index (κ3) is 2.68. The quantitative estimate of drug-likeness (QED) is 0.274. The maximum Gasteiger partial charge on any atom is 0.0641 e. The number of benzene rings is 4. The van der Waals surface area contributed by atoms with Crippen molar-refractivity contribution in [1.29, 1.82) is 0 Å². The van der Waals surface area contributed by atoms with E-state index in [0.717, 1.165) is 26.9 Å². The van der Waals surface area contributed by atoms with Gasteiger partial charge in [-0.25, -0.2) is 0 Å². The summed E-state index contributed by atoms with van der Waals surface area (Å²) in [7, 11) is 0. The first-order chi connectivity index (χ1) is 11.3. The van der Waals surface area contributed by atoms with Gasteiger partial charge in [-0.15, -0.1) is 0 Å². The molecule has 1 heteroatoms. The van der Waals surface area contributed by atoms with Crippen LogP contribution >= 0.6 is 11.6 Å². The second kappa shape index (κ2) is 5.80. The number of halogens is 1. The second-order valence-corrected chi connectivity index (χ2v) is 5.84. The lowest BCUT2D eigenvalue weighted by molar-refractivity contribution is 1.64. The summed E-state index contributed by atoms with van der Waals surface area (Å²) in [6.45, 7) is 0. The summed E-state index contributed by atoms with van der Waals surface area (Å²) in [6.07, 6.45) is 0. The first kappa shape index (κ1) is 13.9. The van der Waals surface area contributed by atoms with Crippen LogP contribution in [0.1, 0.15) is 11.1 Å². The van der Waals surface area contributed by atoms with E-state index in [0.29, 0.717) is 0 Å². The molecule has 0 aromatic heterocycles. The van der Waals surface area contributed by atoms with Gasteiger partial charge < -0.3 is 0 Å². The molecule has 0 saturated heterocycles. The van der Waals surface area contributed by atoms with E-state index in [1.807, 2.05) is 42.5 Å². The number of hydrogen-bond donors (Lipinski definition) is 0. The Kier molecular flexibility index (Phi) is 3.50. The van der Waals surface area contributed by atoms with Gasteiger partial charge in [-0.1, -0.05) is 72.0 Å². The number of hydrogen-bond acceptors (Lipinski definition) is 0. The molecule has 0 aliphatic rings. The minimum absolute atomic E-state index is 0.719. The van der Waals surface area contributed by atoms with Gasteiger partial charge in [0, 0.05) is 16.5 Å². The molecule has 4 rings (SSSR count). The molecule has 0 bridgehead atoms. The van der Waals surface area contributed by atoms with Crippen molar-refractivity contribution in [2.45, 2.75) is 0 Å². The highest BCUT2D eigenvalue weighted by molar-refractivity contribution is 6.37. The molecular weight excluding hydrogens is 300 g/mol. The van der Waals surface area contributed by atoms with Crippen LogP contribution in [-0.2, 0) is 0 Å². The average Bonchev–Trinajstić information content (AvgIpc) is 2.61. The van der Waals surface area contributed by atoms with Crippen molar-refractivity contribution in [3.05, 3.63) is 95.0 Å². The van der Waals surface area contributed by atoms with Crippen LogP contribution < -0.4 is 0 Å². The van der Waals surface area contributed by atoms with Crippen LogP contribution in [0.5, 0.6) is 0 Å². The summed E-state index contributed by atoms with van der Waals surface area (Å²) >= 11 is 6.61. The topological polar surface area (TPSA) is 0 Å². The van der Waals surface area contributed by atoms with Crippen molar-refractivity contribution in [2.24, 2.45) is 0 Å². The van der Waals surface area contributed by atoms with Crippen LogP contribution in [0.2, 0.25) is 5.02 Å². The summed E-state index contributed by atoms with van der Waals surface area (Å²) in [5.41, 5.74) is 1.85. The van der Waals surface area contributed by atoms with Crippen molar-refractivity contribution < 1.29 is 0 Å². The molecule has 0 fully saturated rings. The molecule has 0 spiro atoms. The lowest BCUT2D eigenvalue weighted by atomic mass is 10.0. The standard InChI is InChI=1S/C22H13Cl/c23-22-17(11-10-16-6-2-1-3-7-16)12-13-20-14-18-8-4-5-9-19(18)15-21(20)22/h1-9,12-15H. The predicted molar refractivity (Wildman–Crippen MR) is 98.9 cm³/mol. The normalized spacial score (nSPS) is 10.5. The molecule has 0 heterocycles. The van der Waals surface area contributed by atoms with Gasteiger partial charge >= 0.3 is 0 Å². The van der Waals surface area contributed by atoms with Crippen LogP contribution in [0.3, 0.4) is 0 Å². The van der Waals surface area contributed by atoms with Crippen LogP contribution in [0.25, 0.3) is 21.5 Å². The highest BCUT2D eigenvalue weighted by Crippen LogP contribution is 2.30. The molecule has 0 saturated carbocycles. The molecule has 0 aliphatic heterocycles. The van der Waals surface area contributed by atoms with Gasteiger partial charge in [0.1, 0.15) is 0 Å². The molecule has 0 nitrogen and oxygen atoms in total. The fraction of sp³-hybridized carbons (Fsp3) is 0. The zero-order valence-electron chi connectivity index (χ0n) is 12.4. The summed E-state index contributed by atoms with van der Waals surface area (Å²) in [6, 6.07) is 26.7. The molecule has 4 aromatic carbocycles. The van der Waals surface area contributed by atoms with E-state index in [2.05, 4.69) is 48.2 Å². The molecule has 4 aromatic rings. The second-order valence-electron chi connectivity index (χ2n) is 5.46. The fourth-order valence-electron chi connectivity index (χ4n) is 2.73. The first-order valence-electron chi connectivity index (χ1n) is 7.49. The van der Waals surface area contributed by atoms with Crippen molar-refractivity contribution in [3.8, 4) is 11.8 Å². The van der Waals surface area contributed by atoms with Gasteiger partial charge in [0.05, 0.1) is 5.02 Å². The highest BCUT2D eigenvalue weighted by atomic mass is 35.5. The van der Waals surface area contributed by atoms with E-state index in [4.69, 9.17) is 11.6 Å². The number of fused-ring (bicyclic) bond motifs is 2. The van der Waals surface area contributed by atoms with Crippen LogP contribution in [0.4, 0.5) is 0 Å². The lowest BCUT2D eigenvalue weighted by Crippen LogP contribution is -1.83. The maximum atomic E-state index is 6.61. The van der Waals surface area contributed by atoms with E-state index in [-0.39, 0.29) is 0 Å². The Morgan fingerprint density at radius 1 is 0.609 bits per heavy atom. The summed E-state index contributed by atoms with van der Waals surface area (Å²) in [5.74, 6) is 6.36. The first-order valence-corrected chi connectivity index (χ1v) is 7.87. The van der Waals surface area contributed by atoms with E-state index in [9.17, 15) is 0 Å². The smallest absolute Gasteiger partial charge is 0.0641 e. The highest BCUT2D eigenvalue weighted by Gasteiger charge is 2.05. The SMILES string of the molecule is Clc1c(C#Cc2ccccc2)ccc2cc3ccccc3cc12. The van der Waals surface area contributed by atoms with Gasteiger partial charge in [0.25, 0.3) is 0 Å². The third-order valence-electron chi connectivity index (χ3n) is 3.94. The van der Waals surface area contributed by atoms with E-state index >= 15 is 0 Å². The van der Waals surface area contributed by atoms with Gasteiger partial charge in [-0.2, -0.15) is 0 Å². The summed E-state index contributed by atoms with van der Waals surface area (Å²) in [5, 5.41) is 5.31. The van der Waals surface area contributed by atoms with Crippen molar-refractivity contribution in [1.82, 2.24) is 0 Å². The Labute approximate surface area is 140 Å². The molecule has 0 aliphatic carbocycles. The Hall–Kier alpha value is -2.75. The third-order valence-corrected chi connectivity index (χ3v) is 4.34. The molecule has 0 N–H and O–H groups in total.